The number of Topliss-reactive ketones (excluding diaryl/α,β-unsaturated/α-hetero) is 1. The number of hydrogen-bond donors (Lipinski definition) is 1. The molecule has 0 bridgehead atoms. The number of hydrogen-bond acceptors (Lipinski definition) is 3. The Bertz CT molecular complexity index is 482. The topological polar surface area (TPSA) is 69.4 Å². The van der Waals surface area contributed by atoms with Crippen molar-refractivity contribution in [3.63, 3.8) is 0 Å². The van der Waals surface area contributed by atoms with Gasteiger partial charge in [-0.1, -0.05) is 51.1 Å². The summed E-state index contributed by atoms with van der Waals surface area (Å²) < 4.78 is 5.79. The zero-order chi connectivity index (χ0) is 15.4. The van der Waals surface area contributed by atoms with Gasteiger partial charge in [-0.3, -0.25) is 9.59 Å². The Kier molecular flexibility index (Phi) is 5.25. The summed E-state index contributed by atoms with van der Waals surface area (Å²) >= 11 is 0. The standard InChI is InChI=1S/C15H23NO3Si/c1-15(2,3)20(4,14(16)18)19-11-10-13(17)12-8-6-5-7-9-12/h5-9H,10-11H2,1-4H3,(H2,16,18)/t20-/m1/s1. The predicted octanol–water partition coefficient (Wildman–Crippen LogP) is 3.31. The highest BCUT2D eigenvalue weighted by atomic mass is 28.4. The van der Waals surface area contributed by atoms with Crippen LogP contribution < -0.4 is 5.73 Å². The molecular formula is C15H23NO3Si. The molecule has 1 aromatic carbocycles. The van der Waals surface area contributed by atoms with Crippen molar-refractivity contribution in [3.05, 3.63) is 35.9 Å². The molecule has 0 aliphatic rings. The lowest BCUT2D eigenvalue weighted by molar-refractivity contribution is 0.0958. The van der Waals surface area contributed by atoms with Crippen molar-refractivity contribution in [1.82, 2.24) is 0 Å². The highest BCUT2D eigenvalue weighted by Gasteiger charge is 2.48. The molecular weight excluding hydrogens is 270 g/mol. The van der Waals surface area contributed by atoms with Gasteiger partial charge in [0, 0.05) is 18.6 Å². The van der Waals surface area contributed by atoms with E-state index in [1.807, 2.05) is 45.5 Å². The minimum absolute atomic E-state index is 0.0142. The summed E-state index contributed by atoms with van der Waals surface area (Å²) in [5.41, 5.74) is 5.78. The monoisotopic (exact) mass is 293 g/mol. The van der Waals surface area contributed by atoms with Crippen molar-refractivity contribution in [1.29, 1.82) is 0 Å². The molecule has 110 valence electrons. The van der Waals surface area contributed by atoms with Crippen molar-refractivity contribution in [3.8, 4) is 0 Å². The second-order valence-corrected chi connectivity index (χ2v) is 10.4. The highest BCUT2D eigenvalue weighted by molar-refractivity contribution is 7.02. The third-order valence-corrected chi connectivity index (χ3v) is 8.30. The van der Waals surface area contributed by atoms with Gasteiger partial charge in [0.2, 0.25) is 5.53 Å². The van der Waals surface area contributed by atoms with Crippen LogP contribution in [0.2, 0.25) is 11.6 Å². The quantitative estimate of drug-likeness (QED) is 0.646. The SMILES string of the molecule is CC(C)(C)[Si@](C)(OCCC(=O)c1ccccc1)C(N)=O. The smallest absolute Gasteiger partial charge is 0.294 e. The highest BCUT2D eigenvalue weighted by Crippen LogP contribution is 2.36. The minimum Gasteiger partial charge on any atom is -0.407 e. The first-order valence-corrected chi connectivity index (χ1v) is 9.11. The fourth-order valence-corrected chi connectivity index (χ4v) is 3.60. The van der Waals surface area contributed by atoms with E-state index < -0.39 is 8.32 Å². The first-order valence-electron chi connectivity index (χ1n) is 6.70. The third kappa shape index (κ3) is 3.77. The maximum absolute atomic E-state index is 12.0. The van der Waals surface area contributed by atoms with Gasteiger partial charge in [0.25, 0.3) is 8.32 Å². The predicted molar refractivity (Wildman–Crippen MR) is 82.3 cm³/mol. The zero-order valence-corrected chi connectivity index (χ0v) is 13.6. The van der Waals surface area contributed by atoms with E-state index in [9.17, 15) is 9.59 Å². The van der Waals surface area contributed by atoms with Crippen molar-refractivity contribution in [2.45, 2.75) is 38.8 Å². The van der Waals surface area contributed by atoms with Crippen LogP contribution >= 0.6 is 0 Å². The second-order valence-electron chi connectivity index (χ2n) is 6.04. The van der Waals surface area contributed by atoms with Gasteiger partial charge in [-0.25, -0.2) is 0 Å². The summed E-state index contributed by atoms with van der Waals surface area (Å²) in [6, 6.07) is 9.06. The van der Waals surface area contributed by atoms with Crippen molar-refractivity contribution >= 4 is 19.6 Å². The van der Waals surface area contributed by atoms with Gasteiger partial charge in [-0.2, -0.15) is 0 Å². The van der Waals surface area contributed by atoms with Crippen LogP contribution in [-0.4, -0.2) is 26.2 Å². The number of primary amides is 1. The number of nitrogens with two attached hydrogens (primary N) is 1. The Morgan fingerprint density at radius 2 is 1.75 bits per heavy atom. The first-order chi connectivity index (χ1) is 9.18. The molecule has 1 atom stereocenters. The Labute approximate surface area is 121 Å². The summed E-state index contributed by atoms with van der Waals surface area (Å²) in [5, 5.41) is -0.297. The lowest BCUT2D eigenvalue weighted by Gasteiger charge is -2.35. The van der Waals surface area contributed by atoms with E-state index in [2.05, 4.69) is 0 Å². The normalized spacial score (nSPS) is 14.6. The number of carbonyl (C=O) groups excluding carboxylic acids is 2. The van der Waals surface area contributed by atoms with Crippen molar-refractivity contribution in [2.75, 3.05) is 6.61 Å². The minimum atomic E-state index is -2.71. The molecule has 0 aromatic heterocycles. The molecule has 0 spiro atoms. The van der Waals surface area contributed by atoms with Crippen LogP contribution in [0.25, 0.3) is 0 Å². The number of benzene rings is 1. The Balaban J connectivity index is 2.63. The van der Waals surface area contributed by atoms with Crippen LogP contribution in [0.4, 0.5) is 4.79 Å². The lowest BCUT2D eigenvalue weighted by Crippen LogP contribution is -2.55. The van der Waals surface area contributed by atoms with E-state index >= 15 is 0 Å². The molecule has 5 heteroatoms. The molecule has 0 heterocycles. The van der Waals surface area contributed by atoms with Crippen molar-refractivity contribution in [2.24, 2.45) is 5.73 Å². The maximum Gasteiger partial charge on any atom is 0.294 e. The summed E-state index contributed by atoms with van der Waals surface area (Å²) in [5.74, 6) is 0.0142. The van der Waals surface area contributed by atoms with E-state index in [0.29, 0.717) is 5.56 Å². The van der Waals surface area contributed by atoms with Crippen LogP contribution in [0.3, 0.4) is 0 Å². The van der Waals surface area contributed by atoms with Gasteiger partial charge < -0.3 is 10.2 Å². The second kappa shape index (κ2) is 6.32. The molecule has 0 unspecified atom stereocenters. The van der Waals surface area contributed by atoms with E-state index in [-0.39, 0.29) is 29.4 Å². The largest absolute Gasteiger partial charge is 0.407 e. The fraction of sp³-hybridized carbons (Fsp3) is 0.467. The Hall–Kier alpha value is -1.46. The van der Waals surface area contributed by atoms with Gasteiger partial charge in [-0.05, 0) is 11.6 Å². The Morgan fingerprint density at radius 3 is 2.20 bits per heavy atom. The summed E-state index contributed by atoms with van der Waals surface area (Å²) in [6.07, 6.45) is 0.260. The maximum atomic E-state index is 12.0. The average Bonchev–Trinajstić information content (AvgIpc) is 2.37. The lowest BCUT2D eigenvalue weighted by atomic mass is 10.1. The fourth-order valence-electron chi connectivity index (χ4n) is 1.77. The van der Waals surface area contributed by atoms with E-state index in [1.54, 1.807) is 12.1 Å². The molecule has 1 aromatic rings. The average molecular weight is 293 g/mol. The van der Waals surface area contributed by atoms with Crippen molar-refractivity contribution < 1.29 is 14.0 Å². The molecule has 20 heavy (non-hydrogen) atoms. The number of ketones is 1. The molecule has 4 nitrogen and oxygen atoms in total. The van der Waals surface area contributed by atoms with Crippen LogP contribution in [-0.2, 0) is 4.43 Å². The Morgan fingerprint density at radius 1 is 1.20 bits per heavy atom. The van der Waals surface area contributed by atoms with Crippen LogP contribution in [0.15, 0.2) is 30.3 Å². The first kappa shape index (κ1) is 16.6. The molecule has 0 fully saturated rings. The van der Waals surface area contributed by atoms with Crippen LogP contribution in [0.1, 0.15) is 37.6 Å². The molecule has 0 saturated carbocycles. The zero-order valence-electron chi connectivity index (χ0n) is 12.6. The molecule has 0 aliphatic carbocycles. The van der Waals surface area contributed by atoms with Gasteiger partial charge >= 0.3 is 0 Å². The van der Waals surface area contributed by atoms with E-state index in [0.717, 1.165) is 0 Å². The van der Waals surface area contributed by atoms with Crippen LogP contribution in [0, 0.1) is 0 Å². The van der Waals surface area contributed by atoms with Gasteiger partial charge in [0.05, 0.1) is 0 Å². The molecule has 0 radical (unpaired) electrons. The third-order valence-electron chi connectivity index (χ3n) is 3.72. The molecule has 0 saturated heterocycles. The van der Waals surface area contributed by atoms with Gasteiger partial charge in [-0.15, -0.1) is 0 Å². The van der Waals surface area contributed by atoms with E-state index in [1.165, 1.54) is 0 Å². The number of rotatable bonds is 6. The summed E-state index contributed by atoms with van der Waals surface area (Å²) in [6.45, 7) is 7.88. The van der Waals surface area contributed by atoms with Crippen LogP contribution in [0.5, 0.6) is 0 Å². The molecule has 2 N–H and O–H groups in total. The molecule has 1 amide bonds. The molecule has 1 rings (SSSR count). The van der Waals surface area contributed by atoms with E-state index in [4.69, 9.17) is 10.2 Å². The number of carbonyl (C=O) groups is 2. The summed E-state index contributed by atoms with van der Waals surface area (Å²) in [7, 11) is -2.71. The van der Waals surface area contributed by atoms with Gasteiger partial charge in [0.1, 0.15) is 0 Å². The molecule has 0 aliphatic heterocycles. The number of amides is 1. The van der Waals surface area contributed by atoms with Gasteiger partial charge in [0.15, 0.2) is 5.78 Å². The summed E-state index contributed by atoms with van der Waals surface area (Å²) in [4.78, 5) is 23.7.